The summed E-state index contributed by atoms with van der Waals surface area (Å²) in [5.41, 5.74) is 5.39. The summed E-state index contributed by atoms with van der Waals surface area (Å²) in [6.45, 7) is 1.16. The van der Waals surface area contributed by atoms with Crippen molar-refractivity contribution in [3.05, 3.63) is 12.2 Å². The molecule has 2 heteroatoms. The lowest BCUT2D eigenvalue weighted by molar-refractivity contribution is 0.282. The maximum atomic E-state index is 8.57. The van der Waals surface area contributed by atoms with E-state index in [4.69, 9.17) is 10.8 Å². The van der Waals surface area contributed by atoms with Gasteiger partial charge in [-0.1, -0.05) is 25.0 Å². The van der Waals surface area contributed by atoms with Gasteiger partial charge in [-0.05, 0) is 45.1 Å². The van der Waals surface area contributed by atoms with E-state index < -0.39 is 0 Å². The summed E-state index contributed by atoms with van der Waals surface area (Å²) >= 11 is 0. The summed E-state index contributed by atoms with van der Waals surface area (Å²) in [5.74, 6) is 0. The summed E-state index contributed by atoms with van der Waals surface area (Å²) in [7, 11) is 0. The van der Waals surface area contributed by atoms with E-state index >= 15 is 0 Å². The molecule has 0 fully saturated rings. The van der Waals surface area contributed by atoms with Crippen LogP contribution in [0.5, 0.6) is 0 Å². The van der Waals surface area contributed by atoms with Crippen molar-refractivity contribution in [3.63, 3.8) is 0 Å². The molecule has 0 aliphatic carbocycles. The highest BCUT2D eigenvalue weighted by Crippen LogP contribution is 2.04. The van der Waals surface area contributed by atoms with Gasteiger partial charge >= 0.3 is 0 Å². The number of hydrogen-bond donors (Lipinski definition) is 2. The number of aliphatic hydroxyl groups excluding tert-OH is 1. The van der Waals surface area contributed by atoms with Crippen LogP contribution >= 0.6 is 0 Å². The second-order valence-corrected chi connectivity index (χ2v) is 3.68. The van der Waals surface area contributed by atoms with Gasteiger partial charge in [0.25, 0.3) is 0 Å². The summed E-state index contributed by atoms with van der Waals surface area (Å²) in [6.07, 6.45) is 13.9. The Hall–Kier alpha value is -0.340. The van der Waals surface area contributed by atoms with Crippen molar-refractivity contribution >= 4 is 0 Å². The number of unbranched alkanes of at least 4 members (excludes halogenated alkanes) is 6. The number of allylic oxidation sites excluding steroid dienone is 2. The van der Waals surface area contributed by atoms with E-state index in [9.17, 15) is 0 Å². The number of rotatable bonds is 10. The Morgan fingerprint density at radius 3 is 1.93 bits per heavy atom. The molecule has 0 radical (unpaired) electrons. The first-order valence-corrected chi connectivity index (χ1v) is 5.87. The van der Waals surface area contributed by atoms with Crippen LogP contribution in [0.15, 0.2) is 12.2 Å². The van der Waals surface area contributed by atoms with Crippen LogP contribution in [0.1, 0.15) is 51.4 Å². The molecule has 0 spiro atoms. The van der Waals surface area contributed by atoms with E-state index in [2.05, 4.69) is 12.2 Å². The summed E-state index contributed by atoms with van der Waals surface area (Å²) in [5, 5.41) is 8.57. The van der Waals surface area contributed by atoms with E-state index in [0.717, 1.165) is 25.8 Å². The van der Waals surface area contributed by atoms with Crippen molar-refractivity contribution < 1.29 is 5.11 Å². The highest BCUT2D eigenvalue weighted by molar-refractivity contribution is 4.81. The van der Waals surface area contributed by atoms with Gasteiger partial charge in [-0.25, -0.2) is 0 Å². The molecule has 0 rings (SSSR count). The van der Waals surface area contributed by atoms with Gasteiger partial charge in [-0.15, -0.1) is 0 Å². The van der Waals surface area contributed by atoms with Crippen molar-refractivity contribution in [2.75, 3.05) is 13.2 Å². The Labute approximate surface area is 88.2 Å². The van der Waals surface area contributed by atoms with Crippen molar-refractivity contribution in [1.29, 1.82) is 0 Å². The van der Waals surface area contributed by atoms with Gasteiger partial charge in [-0.2, -0.15) is 0 Å². The van der Waals surface area contributed by atoms with E-state index in [1.165, 1.54) is 32.1 Å². The molecule has 0 saturated heterocycles. The zero-order valence-electron chi connectivity index (χ0n) is 9.25. The van der Waals surface area contributed by atoms with Gasteiger partial charge in [0.05, 0.1) is 0 Å². The van der Waals surface area contributed by atoms with Crippen LogP contribution in [-0.2, 0) is 0 Å². The molecule has 0 aliphatic heterocycles. The van der Waals surface area contributed by atoms with Gasteiger partial charge in [0.1, 0.15) is 0 Å². The van der Waals surface area contributed by atoms with Gasteiger partial charge in [0, 0.05) is 6.61 Å². The molecule has 84 valence electrons. The Balaban J connectivity index is 2.96. The minimum Gasteiger partial charge on any atom is -0.396 e. The fourth-order valence-electron chi connectivity index (χ4n) is 1.37. The zero-order valence-corrected chi connectivity index (χ0v) is 9.25. The molecule has 0 aromatic carbocycles. The van der Waals surface area contributed by atoms with E-state index in [1.54, 1.807) is 0 Å². The van der Waals surface area contributed by atoms with Crippen LogP contribution in [0.25, 0.3) is 0 Å². The Morgan fingerprint density at radius 1 is 0.786 bits per heavy atom. The normalized spacial score (nSPS) is 11.3. The first-order chi connectivity index (χ1) is 6.91. The molecular formula is C12H25NO. The maximum Gasteiger partial charge on any atom is 0.0431 e. The van der Waals surface area contributed by atoms with Crippen molar-refractivity contribution in [3.8, 4) is 0 Å². The standard InChI is InChI=1S/C12H25NO/c13-11-9-7-5-3-1-2-4-6-8-10-12-14/h1,3,14H,2,4-13H2/b3-1-. The Bertz CT molecular complexity index is 123. The number of aliphatic hydroxyl groups is 1. The van der Waals surface area contributed by atoms with Crippen LogP contribution < -0.4 is 5.73 Å². The second-order valence-electron chi connectivity index (χ2n) is 3.68. The maximum absolute atomic E-state index is 8.57. The topological polar surface area (TPSA) is 46.2 Å². The molecule has 14 heavy (non-hydrogen) atoms. The molecular weight excluding hydrogens is 174 g/mol. The molecule has 2 nitrogen and oxygen atoms in total. The quantitative estimate of drug-likeness (QED) is 0.419. The number of hydrogen-bond acceptors (Lipinski definition) is 2. The third-order valence-electron chi connectivity index (χ3n) is 2.27. The molecule has 0 aromatic rings. The molecule has 0 unspecified atom stereocenters. The molecule has 0 saturated carbocycles. The van der Waals surface area contributed by atoms with Crippen molar-refractivity contribution in [2.24, 2.45) is 5.73 Å². The van der Waals surface area contributed by atoms with E-state index in [-0.39, 0.29) is 0 Å². The molecule has 0 atom stereocenters. The molecule has 0 amide bonds. The molecule has 0 heterocycles. The molecule has 3 N–H and O–H groups in total. The average Bonchev–Trinajstić information content (AvgIpc) is 2.21. The third kappa shape index (κ3) is 11.7. The molecule has 0 aromatic heterocycles. The van der Waals surface area contributed by atoms with Gasteiger partial charge in [0.2, 0.25) is 0 Å². The first-order valence-electron chi connectivity index (χ1n) is 5.87. The largest absolute Gasteiger partial charge is 0.396 e. The van der Waals surface area contributed by atoms with E-state index in [0.29, 0.717) is 6.61 Å². The number of nitrogens with two attached hydrogens (primary N) is 1. The second kappa shape index (κ2) is 12.7. The van der Waals surface area contributed by atoms with Crippen LogP contribution in [0, 0.1) is 0 Å². The lowest BCUT2D eigenvalue weighted by atomic mass is 10.1. The van der Waals surface area contributed by atoms with Gasteiger partial charge in [0.15, 0.2) is 0 Å². The van der Waals surface area contributed by atoms with Crippen LogP contribution in [0.2, 0.25) is 0 Å². The summed E-state index contributed by atoms with van der Waals surface area (Å²) in [6, 6.07) is 0. The third-order valence-corrected chi connectivity index (χ3v) is 2.27. The fourth-order valence-corrected chi connectivity index (χ4v) is 1.37. The Morgan fingerprint density at radius 2 is 1.36 bits per heavy atom. The lowest BCUT2D eigenvalue weighted by Crippen LogP contribution is -1.96. The average molecular weight is 199 g/mol. The SMILES string of the molecule is NCCCC/C=C\CCCCCCO. The molecule has 0 bridgehead atoms. The predicted octanol–water partition coefficient (Wildman–Crippen LogP) is 2.61. The fraction of sp³-hybridized carbons (Fsp3) is 0.833. The van der Waals surface area contributed by atoms with Crippen molar-refractivity contribution in [2.45, 2.75) is 51.4 Å². The first kappa shape index (κ1) is 13.7. The minimum atomic E-state index is 0.342. The smallest absolute Gasteiger partial charge is 0.0431 e. The van der Waals surface area contributed by atoms with Crippen molar-refractivity contribution in [1.82, 2.24) is 0 Å². The van der Waals surface area contributed by atoms with Gasteiger partial charge < -0.3 is 10.8 Å². The van der Waals surface area contributed by atoms with Crippen LogP contribution in [0.4, 0.5) is 0 Å². The lowest BCUT2D eigenvalue weighted by Gasteiger charge is -1.96. The summed E-state index contributed by atoms with van der Waals surface area (Å²) < 4.78 is 0. The predicted molar refractivity (Wildman–Crippen MR) is 62.2 cm³/mol. The zero-order chi connectivity index (χ0) is 10.5. The highest BCUT2D eigenvalue weighted by atomic mass is 16.2. The summed E-state index contributed by atoms with van der Waals surface area (Å²) in [4.78, 5) is 0. The highest BCUT2D eigenvalue weighted by Gasteiger charge is 1.87. The molecule has 0 aliphatic rings. The van der Waals surface area contributed by atoms with E-state index in [1.807, 2.05) is 0 Å². The monoisotopic (exact) mass is 199 g/mol. The van der Waals surface area contributed by atoms with Crippen LogP contribution in [0.3, 0.4) is 0 Å². The Kier molecular flexibility index (Phi) is 12.4. The van der Waals surface area contributed by atoms with Crippen LogP contribution in [-0.4, -0.2) is 18.3 Å². The minimum absolute atomic E-state index is 0.342. The van der Waals surface area contributed by atoms with Gasteiger partial charge in [-0.3, -0.25) is 0 Å².